The second-order valence-corrected chi connectivity index (χ2v) is 16.6. The monoisotopic (exact) mass is 870 g/mol. The molecule has 0 fully saturated rings. The Morgan fingerprint density at radius 3 is 1.54 bits per heavy atom. The van der Waals surface area contributed by atoms with Crippen molar-refractivity contribution in [1.82, 2.24) is 56.8 Å². The summed E-state index contributed by atoms with van der Waals surface area (Å²) < 4.78 is 0.592. The number of nitrogens with one attached hydrogen (secondary N) is 7. The number of carbonyl (C=O) groups is 2. The highest BCUT2D eigenvalue weighted by molar-refractivity contribution is 5.77. The standard InChI is InChI=1S/C41H88N16O4/c1-36(45)50-19-27-55(25-16-46-11-12-49-35-44)31-29-54(22-10-43)24-17-48-18-26-56(28-20-52-40(60)8-6-37-5-7-38(58)39(59)33-37)32-30-53(21-9-42)23-15-47-13-14-51-41(61)34-57(2,3)4/h5,7,33,36,46-50H,6,8-32,34-35,42-45H2,1-4H3,(H3-,51,52,58,59,60,61)/p+1/t36-/m0/s1. The number of amides is 2. The number of rotatable bonds is 41. The summed E-state index contributed by atoms with van der Waals surface area (Å²) >= 11 is 0. The van der Waals surface area contributed by atoms with E-state index in [1.807, 2.05) is 28.1 Å². The molecule has 1 aromatic rings. The van der Waals surface area contributed by atoms with E-state index in [0.29, 0.717) is 63.4 Å². The van der Waals surface area contributed by atoms with E-state index in [2.05, 4.69) is 56.8 Å². The predicted molar refractivity (Wildman–Crippen MR) is 248 cm³/mol. The minimum absolute atomic E-state index is 0.0426. The molecule has 0 unspecified atom stereocenters. The van der Waals surface area contributed by atoms with Gasteiger partial charge in [0, 0.05) is 170 Å². The minimum Gasteiger partial charge on any atom is -0.504 e. The SMILES string of the molecule is C[C@@H](N)NCCN(CCNCCNCN)CCN(CCN)CCNCCN(CCNC(=O)CCc1ccc(O)c(O)c1)CCN(CCN)CCNCCNC(=O)C[N+](C)(C)C. The smallest absolute Gasteiger partial charge is 0.275 e. The molecule has 356 valence electrons. The molecule has 0 radical (unpaired) electrons. The molecular formula is C41H89N16O4+. The number of phenols is 2. The van der Waals surface area contributed by atoms with Crippen molar-refractivity contribution in [2.45, 2.75) is 25.9 Å². The lowest BCUT2D eigenvalue weighted by Gasteiger charge is -2.29. The molecule has 0 aromatic heterocycles. The first-order valence-corrected chi connectivity index (χ1v) is 22.4. The van der Waals surface area contributed by atoms with Crippen LogP contribution in [0.4, 0.5) is 0 Å². The van der Waals surface area contributed by atoms with Crippen molar-refractivity contribution in [3.8, 4) is 11.5 Å². The number of nitrogens with zero attached hydrogens (tertiary/aromatic N) is 5. The van der Waals surface area contributed by atoms with Gasteiger partial charge in [-0.15, -0.1) is 0 Å². The van der Waals surface area contributed by atoms with Crippen LogP contribution in [0.5, 0.6) is 11.5 Å². The van der Waals surface area contributed by atoms with E-state index in [-0.39, 0.29) is 35.9 Å². The first-order chi connectivity index (χ1) is 29.3. The summed E-state index contributed by atoms with van der Waals surface area (Å²) in [5, 5.41) is 42.5. The number of likely N-dealkylation sites (N-methyl/N-ethyl adjacent to an activating group) is 1. The fraction of sp³-hybridized carbons (Fsp3) is 0.805. The zero-order valence-electron chi connectivity index (χ0n) is 38.4. The summed E-state index contributed by atoms with van der Waals surface area (Å²) in [6.45, 7) is 21.9. The topological polar surface area (TPSA) is 276 Å². The van der Waals surface area contributed by atoms with Gasteiger partial charge in [0.2, 0.25) is 5.91 Å². The third-order valence-corrected chi connectivity index (χ3v) is 9.96. The molecule has 61 heavy (non-hydrogen) atoms. The fourth-order valence-corrected chi connectivity index (χ4v) is 6.53. The van der Waals surface area contributed by atoms with Gasteiger partial charge in [-0.3, -0.25) is 29.2 Å². The van der Waals surface area contributed by atoms with E-state index in [1.54, 1.807) is 6.07 Å². The largest absolute Gasteiger partial charge is 0.504 e. The molecule has 0 aliphatic carbocycles. The van der Waals surface area contributed by atoms with Crippen molar-refractivity contribution in [1.29, 1.82) is 0 Å². The van der Waals surface area contributed by atoms with Crippen LogP contribution in [0.25, 0.3) is 0 Å². The second-order valence-electron chi connectivity index (χ2n) is 16.6. The zero-order chi connectivity index (χ0) is 45.1. The van der Waals surface area contributed by atoms with Crippen molar-refractivity contribution < 1.29 is 24.3 Å². The predicted octanol–water partition coefficient (Wildman–Crippen LogP) is -4.74. The van der Waals surface area contributed by atoms with Crippen molar-refractivity contribution in [2.24, 2.45) is 22.9 Å². The number of quaternary nitrogens is 1. The van der Waals surface area contributed by atoms with Crippen molar-refractivity contribution in [3.05, 3.63) is 23.8 Å². The molecule has 1 rings (SSSR count). The Kier molecular flexibility index (Phi) is 32.8. The first kappa shape index (κ1) is 56.2. The number of carbonyl (C=O) groups excluding carboxylic acids is 2. The Hall–Kier alpha value is -2.80. The Labute approximate surface area is 367 Å². The highest BCUT2D eigenvalue weighted by Gasteiger charge is 2.15. The first-order valence-electron chi connectivity index (χ1n) is 22.4. The number of nitrogens with two attached hydrogens (primary N) is 4. The highest BCUT2D eigenvalue weighted by Crippen LogP contribution is 2.25. The maximum atomic E-state index is 12.7. The average molecular weight is 870 g/mol. The molecule has 0 aliphatic heterocycles. The zero-order valence-corrected chi connectivity index (χ0v) is 38.4. The van der Waals surface area contributed by atoms with Crippen LogP contribution in [0.1, 0.15) is 18.9 Å². The third kappa shape index (κ3) is 32.5. The summed E-state index contributed by atoms with van der Waals surface area (Å²) in [7, 11) is 5.99. The normalized spacial score (nSPS) is 12.6. The lowest BCUT2D eigenvalue weighted by molar-refractivity contribution is -0.862. The second kappa shape index (κ2) is 35.6. The van der Waals surface area contributed by atoms with Gasteiger partial charge in [0.05, 0.1) is 27.3 Å². The number of hydrogen-bond acceptors (Lipinski definition) is 17. The average Bonchev–Trinajstić information content (AvgIpc) is 3.20. The molecule has 17 N–H and O–H groups in total. The van der Waals surface area contributed by atoms with Crippen LogP contribution in [-0.2, 0) is 16.0 Å². The van der Waals surface area contributed by atoms with Crippen LogP contribution in [0.2, 0.25) is 0 Å². The van der Waals surface area contributed by atoms with Gasteiger partial charge in [0.25, 0.3) is 5.91 Å². The van der Waals surface area contributed by atoms with E-state index in [9.17, 15) is 19.8 Å². The highest BCUT2D eigenvalue weighted by atomic mass is 16.3. The molecule has 1 aromatic carbocycles. The van der Waals surface area contributed by atoms with Gasteiger partial charge in [0.1, 0.15) is 0 Å². The molecule has 0 heterocycles. The molecule has 1 atom stereocenters. The van der Waals surface area contributed by atoms with Gasteiger partial charge in [0.15, 0.2) is 18.0 Å². The summed E-state index contributed by atoms with van der Waals surface area (Å²) in [5.41, 5.74) is 24.3. The van der Waals surface area contributed by atoms with Crippen LogP contribution in [-0.4, -0.2) is 244 Å². The summed E-state index contributed by atoms with van der Waals surface area (Å²) in [4.78, 5) is 34.5. The van der Waals surface area contributed by atoms with Gasteiger partial charge >= 0.3 is 0 Å². The Balaban J connectivity index is 2.69. The number of phenolic OH excluding ortho intramolecular Hbond substituents is 2. The van der Waals surface area contributed by atoms with Crippen molar-refractivity contribution >= 4 is 11.8 Å². The molecule has 2 amide bonds. The Morgan fingerprint density at radius 2 is 1.05 bits per heavy atom. The van der Waals surface area contributed by atoms with Crippen molar-refractivity contribution in [3.63, 3.8) is 0 Å². The van der Waals surface area contributed by atoms with Crippen LogP contribution >= 0.6 is 0 Å². The Bertz CT molecular complexity index is 1250. The number of aromatic hydroxyl groups is 2. The molecule has 0 saturated heterocycles. The van der Waals surface area contributed by atoms with Gasteiger partial charge in [-0.2, -0.15) is 0 Å². The van der Waals surface area contributed by atoms with Gasteiger partial charge < -0.3 is 74.8 Å². The molecular weight excluding hydrogens is 781 g/mol. The molecule has 0 saturated carbocycles. The summed E-state index contributed by atoms with van der Waals surface area (Å²) in [5.74, 6) is -0.375. The molecule has 20 heteroatoms. The molecule has 0 aliphatic rings. The van der Waals surface area contributed by atoms with E-state index in [0.717, 1.165) is 123 Å². The number of benzene rings is 1. The Morgan fingerprint density at radius 1 is 0.590 bits per heavy atom. The fourth-order valence-electron chi connectivity index (χ4n) is 6.53. The van der Waals surface area contributed by atoms with Crippen LogP contribution in [0, 0.1) is 0 Å². The van der Waals surface area contributed by atoms with E-state index < -0.39 is 0 Å². The third-order valence-electron chi connectivity index (χ3n) is 9.96. The maximum absolute atomic E-state index is 12.7. The van der Waals surface area contributed by atoms with Crippen LogP contribution < -0.4 is 60.2 Å². The van der Waals surface area contributed by atoms with Crippen LogP contribution in [0.3, 0.4) is 0 Å². The van der Waals surface area contributed by atoms with Crippen LogP contribution in [0.15, 0.2) is 18.2 Å². The maximum Gasteiger partial charge on any atom is 0.275 e. The number of aryl methyl sites for hydroxylation is 1. The van der Waals surface area contributed by atoms with E-state index in [1.165, 1.54) is 12.1 Å². The van der Waals surface area contributed by atoms with Gasteiger partial charge in [-0.05, 0) is 31.0 Å². The quantitative estimate of drug-likeness (QED) is 0.0127. The minimum atomic E-state index is -0.187. The summed E-state index contributed by atoms with van der Waals surface area (Å²) in [6.07, 6.45) is 0.707. The lowest BCUT2D eigenvalue weighted by atomic mass is 10.1. The van der Waals surface area contributed by atoms with E-state index >= 15 is 0 Å². The molecule has 0 spiro atoms. The van der Waals surface area contributed by atoms with E-state index in [4.69, 9.17) is 22.9 Å². The lowest BCUT2D eigenvalue weighted by Crippen LogP contribution is -2.47. The molecule has 0 bridgehead atoms. The molecule has 20 nitrogen and oxygen atoms in total. The van der Waals surface area contributed by atoms with Gasteiger partial charge in [-0.25, -0.2) is 0 Å². The summed E-state index contributed by atoms with van der Waals surface area (Å²) in [6, 6.07) is 4.64. The number of hydrogen-bond donors (Lipinski definition) is 13. The van der Waals surface area contributed by atoms with Gasteiger partial charge in [-0.1, -0.05) is 6.07 Å². The van der Waals surface area contributed by atoms with Crippen molar-refractivity contribution in [2.75, 3.05) is 191 Å².